The van der Waals surface area contributed by atoms with Crippen LogP contribution in [0, 0.1) is 5.92 Å². The summed E-state index contributed by atoms with van der Waals surface area (Å²) < 4.78 is 41.3. The number of carbonyl (C=O) groups excluding carboxylic acids is 2. The van der Waals surface area contributed by atoms with E-state index in [1.54, 1.807) is 6.07 Å². The smallest absolute Gasteiger partial charge is 0.363 e. The molecule has 2 aromatic carbocycles. The monoisotopic (exact) mass is 432 g/mol. The number of Topliss-reactive ketones (excluding diaryl/α,β-unsaturated/α-hetero) is 1. The fourth-order valence-corrected chi connectivity index (χ4v) is 3.41. The lowest BCUT2D eigenvalue weighted by Crippen LogP contribution is -2.72. The van der Waals surface area contributed by atoms with Crippen LogP contribution in [-0.2, 0) is 0 Å². The number of urea groups is 1. The van der Waals surface area contributed by atoms with Crippen LogP contribution in [0.1, 0.15) is 22.0 Å². The summed E-state index contributed by atoms with van der Waals surface area (Å²) >= 11 is 11.8. The molecule has 3 N–H and O–H groups in total. The number of halogens is 5. The quantitative estimate of drug-likeness (QED) is 0.638. The summed E-state index contributed by atoms with van der Waals surface area (Å²) in [7, 11) is 0. The van der Waals surface area contributed by atoms with Gasteiger partial charge in [0.1, 0.15) is 5.92 Å². The topological polar surface area (TPSA) is 78.4 Å². The van der Waals surface area contributed by atoms with Gasteiger partial charge in [-0.05, 0) is 17.7 Å². The van der Waals surface area contributed by atoms with E-state index in [4.69, 9.17) is 23.2 Å². The Morgan fingerprint density at radius 1 is 1.07 bits per heavy atom. The molecule has 1 aliphatic heterocycles. The van der Waals surface area contributed by atoms with Crippen molar-refractivity contribution in [1.29, 1.82) is 0 Å². The van der Waals surface area contributed by atoms with Crippen molar-refractivity contribution in [2.24, 2.45) is 5.92 Å². The summed E-state index contributed by atoms with van der Waals surface area (Å²) in [5.74, 6) is -3.13. The first-order valence-corrected chi connectivity index (χ1v) is 8.72. The standard InChI is InChI=1S/C18H13Cl2F3N2O3/c19-11-7-6-10(8-12(11)20)14-13(15(26)9-4-2-1-3-5-9)17(28,18(21,22)23)25-16(27)24-14/h1-8,13-14,28H,(H2,24,25,27)/t13-,14+,17+/m0/s1. The van der Waals surface area contributed by atoms with Crippen LogP contribution in [0.25, 0.3) is 0 Å². The number of hydrogen-bond acceptors (Lipinski definition) is 3. The lowest BCUT2D eigenvalue weighted by molar-refractivity contribution is -0.287. The number of aliphatic hydroxyl groups is 1. The van der Waals surface area contributed by atoms with Crippen molar-refractivity contribution >= 4 is 35.0 Å². The lowest BCUT2D eigenvalue weighted by Gasteiger charge is -2.45. The zero-order valence-corrected chi connectivity index (χ0v) is 15.4. The molecule has 0 bridgehead atoms. The van der Waals surface area contributed by atoms with Gasteiger partial charge in [-0.3, -0.25) is 4.79 Å². The Balaban J connectivity index is 2.18. The molecule has 0 saturated carbocycles. The number of benzene rings is 2. The molecule has 0 aliphatic carbocycles. The van der Waals surface area contributed by atoms with Crippen LogP contribution in [0.4, 0.5) is 18.0 Å². The molecule has 148 valence electrons. The molecular weight excluding hydrogens is 420 g/mol. The van der Waals surface area contributed by atoms with Crippen molar-refractivity contribution in [1.82, 2.24) is 10.6 Å². The van der Waals surface area contributed by atoms with Crippen molar-refractivity contribution < 1.29 is 27.9 Å². The highest BCUT2D eigenvalue weighted by atomic mass is 35.5. The molecule has 3 rings (SSSR count). The van der Waals surface area contributed by atoms with Gasteiger partial charge in [0.05, 0.1) is 16.1 Å². The highest BCUT2D eigenvalue weighted by molar-refractivity contribution is 6.42. The van der Waals surface area contributed by atoms with E-state index >= 15 is 0 Å². The minimum Gasteiger partial charge on any atom is -0.363 e. The third-order valence-electron chi connectivity index (χ3n) is 4.45. The van der Waals surface area contributed by atoms with Crippen molar-refractivity contribution in [2.75, 3.05) is 0 Å². The van der Waals surface area contributed by atoms with Gasteiger partial charge in [0.15, 0.2) is 5.78 Å². The first-order chi connectivity index (χ1) is 13.0. The number of alkyl halides is 3. The number of amides is 2. The number of carbonyl (C=O) groups is 2. The van der Waals surface area contributed by atoms with Crippen LogP contribution in [0.2, 0.25) is 10.0 Å². The van der Waals surface area contributed by atoms with E-state index in [1.165, 1.54) is 47.8 Å². The van der Waals surface area contributed by atoms with E-state index < -0.39 is 35.7 Å². The van der Waals surface area contributed by atoms with Crippen LogP contribution in [0.15, 0.2) is 48.5 Å². The SMILES string of the molecule is O=C1N[C@H](c2ccc(Cl)c(Cl)c2)[C@@H](C(=O)c2ccccc2)[C@@](O)(C(F)(F)F)N1. The van der Waals surface area contributed by atoms with E-state index in [0.717, 1.165) is 0 Å². The lowest BCUT2D eigenvalue weighted by atomic mass is 9.77. The number of rotatable bonds is 3. The molecule has 1 saturated heterocycles. The molecule has 0 radical (unpaired) electrons. The average Bonchev–Trinajstić information content (AvgIpc) is 2.63. The molecule has 1 heterocycles. The second kappa shape index (κ2) is 7.27. The summed E-state index contributed by atoms with van der Waals surface area (Å²) in [6, 6.07) is 8.27. The number of ketones is 1. The molecule has 5 nitrogen and oxygen atoms in total. The predicted molar refractivity (Wildman–Crippen MR) is 96.1 cm³/mol. The molecular formula is C18H13Cl2F3N2O3. The second-order valence-corrected chi connectivity index (χ2v) is 7.04. The average molecular weight is 433 g/mol. The Labute approximate surface area is 167 Å². The Bertz CT molecular complexity index is 924. The predicted octanol–water partition coefficient (Wildman–Crippen LogP) is 4.10. The number of hydrogen-bond donors (Lipinski definition) is 3. The van der Waals surface area contributed by atoms with Crippen molar-refractivity contribution in [3.8, 4) is 0 Å². The van der Waals surface area contributed by atoms with Gasteiger partial charge in [-0.15, -0.1) is 0 Å². The van der Waals surface area contributed by atoms with Gasteiger partial charge in [0.25, 0.3) is 0 Å². The summed E-state index contributed by atoms with van der Waals surface area (Å²) in [6.45, 7) is 0. The molecule has 10 heteroatoms. The second-order valence-electron chi connectivity index (χ2n) is 6.22. The zero-order chi connectivity index (χ0) is 20.7. The first kappa shape index (κ1) is 20.4. The third-order valence-corrected chi connectivity index (χ3v) is 5.19. The van der Waals surface area contributed by atoms with Crippen LogP contribution in [0.3, 0.4) is 0 Å². The Morgan fingerprint density at radius 3 is 2.29 bits per heavy atom. The fraction of sp³-hybridized carbons (Fsp3) is 0.222. The van der Waals surface area contributed by atoms with Gasteiger partial charge in [0.2, 0.25) is 5.72 Å². The zero-order valence-electron chi connectivity index (χ0n) is 13.9. The minimum atomic E-state index is -5.33. The van der Waals surface area contributed by atoms with E-state index in [1.807, 2.05) is 0 Å². The van der Waals surface area contributed by atoms with Gasteiger partial charge in [-0.1, -0.05) is 59.6 Å². The Kier molecular flexibility index (Phi) is 5.31. The summed E-state index contributed by atoms with van der Waals surface area (Å²) in [5, 5.41) is 14.3. The van der Waals surface area contributed by atoms with Crippen LogP contribution in [-0.4, -0.2) is 28.8 Å². The van der Waals surface area contributed by atoms with Gasteiger partial charge < -0.3 is 15.7 Å². The largest absolute Gasteiger partial charge is 0.437 e. The normalized spacial score (nSPS) is 25.0. The molecule has 0 spiro atoms. The molecule has 0 aromatic heterocycles. The van der Waals surface area contributed by atoms with Crippen molar-refractivity contribution in [3.63, 3.8) is 0 Å². The molecule has 2 aromatic rings. The van der Waals surface area contributed by atoms with E-state index in [9.17, 15) is 27.9 Å². The van der Waals surface area contributed by atoms with E-state index in [0.29, 0.717) is 0 Å². The van der Waals surface area contributed by atoms with Crippen LogP contribution in [0.5, 0.6) is 0 Å². The van der Waals surface area contributed by atoms with Crippen molar-refractivity contribution in [2.45, 2.75) is 17.9 Å². The first-order valence-electron chi connectivity index (χ1n) is 7.96. The maximum Gasteiger partial charge on any atom is 0.437 e. The highest BCUT2D eigenvalue weighted by Crippen LogP contribution is 2.44. The third kappa shape index (κ3) is 3.55. The molecule has 2 amide bonds. The minimum absolute atomic E-state index is 0.0217. The molecule has 1 aliphatic rings. The van der Waals surface area contributed by atoms with Gasteiger partial charge >= 0.3 is 12.2 Å². The molecule has 1 fully saturated rings. The number of nitrogens with one attached hydrogen (secondary N) is 2. The van der Waals surface area contributed by atoms with E-state index in [-0.39, 0.29) is 21.2 Å². The molecule has 0 unspecified atom stereocenters. The maximum absolute atomic E-state index is 13.8. The summed E-state index contributed by atoms with van der Waals surface area (Å²) in [6.07, 6.45) is -5.33. The summed E-state index contributed by atoms with van der Waals surface area (Å²) in [5.41, 5.74) is -3.77. The Morgan fingerprint density at radius 2 is 1.71 bits per heavy atom. The van der Waals surface area contributed by atoms with Gasteiger partial charge in [-0.2, -0.15) is 13.2 Å². The molecule has 28 heavy (non-hydrogen) atoms. The van der Waals surface area contributed by atoms with Crippen LogP contribution >= 0.6 is 23.2 Å². The maximum atomic E-state index is 13.8. The fourth-order valence-electron chi connectivity index (χ4n) is 3.10. The van der Waals surface area contributed by atoms with Crippen molar-refractivity contribution in [3.05, 3.63) is 69.7 Å². The van der Waals surface area contributed by atoms with Gasteiger partial charge in [0, 0.05) is 5.56 Å². The summed E-state index contributed by atoms with van der Waals surface area (Å²) in [4.78, 5) is 24.9. The van der Waals surface area contributed by atoms with Crippen LogP contribution < -0.4 is 10.6 Å². The molecule has 3 atom stereocenters. The van der Waals surface area contributed by atoms with Gasteiger partial charge in [-0.25, -0.2) is 4.79 Å². The highest BCUT2D eigenvalue weighted by Gasteiger charge is 2.66. The Hall–Kier alpha value is -2.29. The van der Waals surface area contributed by atoms with E-state index in [2.05, 4.69) is 5.32 Å².